The summed E-state index contributed by atoms with van der Waals surface area (Å²) >= 11 is 0. The lowest BCUT2D eigenvalue weighted by Crippen LogP contribution is -2.27. The van der Waals surface area contributed by atoms with Crippen molar-refractivity contribution in [1.82, 2.24) is 5.32 Å². The summed E-state index contributed by atoms with van der Waals surface area (Å²) < 4.78 is 0. The summed E-state index contributed by atoms with van der Waals surface area (Å²) in [5.41, 5.74) is 3.03. The Morgan fingerprint density at radius 3 is 2.36 bits per heavy atom. The third-order valence-corrected chi connectivity index (χ3v) is 4.01. The largest absolute Gasteiger partial charge is 0.346 e. The Bertz CT molecular complexity index is 823. The minimum absolute atomic E-state index is 0.0137. The SMILES string of the molecule is Cc1ccccc1C(C)NC(=O)c1ccc2ccccc2c1. The van der Waals surface area contributed by atoms with Gasteiger partial charge in [0.25, 0.3) is 5.91 Å². The highest BCUT2D eigenvalue weighted by Gasteiger charge is 2.13. The molecular weight excluding hydrogens is 270 g/mol. The van der Waals surface area contributed by atoms with E-state index in [2.05, 4.69) is 24.4 Å². The molecule has 3 aromatic carbocycles. The molecule has 1 N–H and O–H groups in total. The van der Waals surface area contributed by atoms with Crippen molar-refractivity contribution in [3.8, 4) is 0 Å². The second-order valence-corrected chi connectivity index (χ2v) is 5.61. The highest BCUT2D eigenvalue weighted by Crippen LogP contribution is 2.19. The Kier molecular flexibility index (Phi) is 3.92. The zero-order chi connectivity index (χ0) is 15.5. The van der Waals surface area contributed by atoms with Gasteiger partial charge in [-0.3, -0.25) is 4.79 Å². The van der Waals surface area contributed by atoms with Gasteiger partial charge in [-0.15, -0.1) is 0 Å². The van der Waals surface area contributed by atoms with Gasteiger partial charge in [0.15, 0.2) is 0 Å². The van der Waals surface area contributed by atoms with Crippen molar-refractivity contribution in [3.63, 3.8) is 0 Å². The van der Waals surface area contributed by atoms with Crippen LogP contribution in [0.1, 0.15) is 34.5 Å². The number of nitrogens with one attached hydrogen (secondary N) is 1. The topological polar surface area (TPSA) is 29.1 Å². The normalized spacial score (nSPS) is 12.1. The second-order valence-electron chi connectivity index (χ2n) is 5.61. The quantitative estimate of drug-likeness (QED) is 0.747. The van der Waals surface area contributed by atoms with E-state index in [1.54, 1.807) is 0 Å². The fourth-order valence-corrected chi connectivity index (χ4v) is 2.76. The van der Waals surface area contributed by atoms with Crippen molar-refractivity contribution in [2.75, 3.05) is 0 Å². The molecule has 110 valence electrons. The third kappa shape index (κ3) is 2.86. The number of benzene rings is 3. The van der Waals surface area contributed by atoms with Gasteiger partial charge in [0.2, 0.25) is 0 Å². The van der Waals surface area contributed by atoms with E-state index in [1.165, 1.54) is 5.56 Å². The lowest BCUT2D eigenvalue weighted by Gasteiger charge is -2.16. The van der Waals surface area contributed by atoms with E-state index in [9.17, 15) is 4.79 Å². The molecule has 2 heteroatoms. The molecule has 0 aliphatic carbocycles. The van der Waals surface area contributed by atoms with Gasteiger partial charge in [0.05, 0.1) is 6.04 Å². The molecule has 0 spiro atoms. The average molecular weight is 289 g/mol. The van der Waals surface area contributed by atoms with Crippen LogP contribution >= 0.6 is 0 Å². The van der Waals surface area contributed by atoms with Crippen LogP contribution < -0.4 is 5.32 Å². The van der Waals surface area contributed by atoms with Crippen LogP contribution in [0.3, 0.4) is 0 Å². The third-order valence-electron chi connectivity index (χ3n) is 4.01. The fraction of sp³-hybridized carbons (Fsp3) is 0.150. The number of aryl methyl sites for hydroxylation is 1. The van der Waals surface area contributed by atoms with E-state index in [-0.39, 0.29) is 11.9 Å². The first-order valence-corrected chi connectivity index (χ1v) is 7.50. The Labute approximate surface area is 130 Å². The van der Waals surface area contributed by atoms with Crippen molar-refractivity contribution in [1.29, 1.82) is 0 Å². The number of rotatable bonds is 3. The number of hydrogen-bond donors (Lipinski definition) is 1. The lowest BCUT2D eigenvalue weighted by molar-refractivity contribution is 0.0940. The van der Waals surface area contributed by atoms with Crippen LogP contribution in [-0.4, -0.2) is 5.91 Å². The van der Waals surface area contributed by atoms with Crippen LogP contribution in [-0.2, 0) is 0 Å². The molecule has 3 aromatic rings. The van der Waals surface area contributed by atoms with Crippen molar-refractivity contribution in [2.45, 2.75) is 19.9 Å². The monoisotopic (exact) mass is 289 g/mol. The first-order valence-electron chi connectivity index (χ1n) is 7.50. The molecule has 0 aliphatic heterocycles. The van der Waals surface area contributed by atoms with E-state index < -0.39 is 0 Å². The minimum Gasteiger partial charge on any atom is -0.346 e. The molecule has 1 unspecified atom stereocenters. The number of carbonyl (C=O) groups is 1. The zero-order valence-electron chi connectivity index (χ0n) is 12.8. The number of amides is 1. The maximum atomic E-state index is 12.5. The second kappa shape index (κ2) is 6.02. The van der Waals surface area contributed by atoms with E-state index in [1.807, 2.05) is 61.5 Å². The Hall–Kier alpha value is -2.61. The predicted octanol–water partition coefficient (Wildman–Crippen LogP) is 4.64. The molecule has 0 radical (unpaired) electrons. The maximum absolute atomic E-state index is 12.5. The smallest absolute Gasteiger partial charge is 0.251 e. The summed E-state index contributed by atoms with van der Waals surface area (Å²) in [5.74, 6) is -0.0403. The van der Waals surface area contributed by atoms with Gasteiger partial charge in [-0.25, -0.2) is 0 Å². The molecule has 0 aromatic heterocycles. The molecule has 22 heavy (non-hydrogen) atoms. The van der Waals surface area contributed by atoms with Crippen molar-refractivity contribution >= 4 is 16.7 Å². The number of carbonyl (C=O) groups excluding carboxylic acids is 1. The van der Waals surface area contributed by atoms with Gasteiger partial charge >= 0.3 is 0 Å². The van der Waals surface area contributed by atoms with Gasteiger partial charge in [-0.1, -0.05) is 54.6 Å². The molecule has 0 saturated heterocycles. The predicted molar refractivity (Wildman–Crippen MR) is 91.0 cm³/mol. The maximum Gasteiger partial charge on any atom is 0.251 e. The molecule has 3 rings (SSSR count). The number of hydrogen-bond acceptors (Lipinski definition) is 1. The first kappa shape index (κ1) is 14.3. The van der Waals surface area contributed by atoms with Crippen LogP contribution in [0.2, 0.25) is 0 Å². The number of fused-ring (bicyclic) bond motifs is 1. The van der Waals surface area contributed by atoms with Crippen molar-refractivity contribution in [3.05, 3.63) is 83.4 Å². The Balaban J connectivity index is 1.82. The molecular formula is C20H19NO. The molecule has 0 aliphatic rings. The summed E-state index contributed by atoms with van der Waals surface area (Å²) in [5, 5.41) is 5.31. The van der Waals surface area contributed by atoms with Gasteiger partial charge in [-0.05, 0) is 47.9 Å². The van der Waals surface area contributed by atoms with Crippen LogP contribution in [0.25, 0.3) is 10.8 Å². The summed E-state index contributed by atoms with van der Waals surface area (Å²) in [4.78, 5) is 12.5. The fourth-order valence-electron chi connectivity index (χ4n) is 2.76. The van der Waals surface area contributed by atoms with E-state index in [4.69, 9.17) is 0 Å². The molecule has 0 saturated carbocycles. The van der Waals surface area contributed by atoms with Gasteiger partial charge < -0.3 is 5.32 Å². The van der Waals surface area contributed by atoms with Crippen molar-refractivity contribution < 1.29 is 4.79 Å². The van der Waals surface area contributed by atoms with Crippen LogP contribution in [0.15, 0.2) is 66.7 Å². The summed E-state index contributed by atoms with van der Waals surface area (Å²) in [6.45, 7) is 4.08. The summed E-state index contributed by atoms with van der Waals surface area (Å²) in [6, 6.07) is 22.0. The standard InChI is InChI=1S/C20H19NO/c1-14-7-3-6-10-19(14)15(2)21-20(22)18-12-11-16-8-4-5-9-17(16)13-18/h3-13,15H,1-2H3,(H,21,22). The lowest BCUT2D eigenvalue weighted by atomic mass is 10.0. The van der Waals surface area contributed by atoms with Gasteiger partial charge in [0, 0.05) is 5.56 Å². The van der Waals surface area contributed by atoms with Gasteiger partial charge in [-0.2, -0.15) is 0 Å². The molecule has 1 atom stereocenters. The molecule has 0 bridgehead atoms. The highest BCUT2D eigenvalue weighted by molar-refractivity contribution is 5.98. The summed E-state index contributed by atoms with van der Waals surface area (Å²) in [7, 11) is 0. The molecule has 2 nitrogen and oxygen atoms in total. The van der Waals surface area contributed by atoms with E-state index in [0.717, 1.165) is 16.3 Å². The van der Waals surface area contributed by atoms with E-state index >= 15 is 0 Å². The Morgan fingerprint density at radius 1 is 0.909 bits per heavy atom. The molecule has 1 amide bonds. The van der Waals surface area contributed by atoms with Crippen LogP contribution in [0.4, 0.5) is 0 Å². The van der Waals surface area contributed by atoms with Crippen molar-refractivity contribution in [2.24, 2.45) is 0 Å². The van der Waals surface area contributed by atoms with Gasteiger partial charge in [0.1, 0.15) is 0 Å². The average Bonchev–Trinajstić information content (AvgIpc) is 2.54. The molecule has 0 heterocycles. The first-order chi connectivity index (χ1) is 10.6. The van der Waals surface area contributed by atoms with E-state index in [0.29, 0.717) is 5.56 Å². The Morgan fingerprint density at radius 2 is 1.59 bits per heavy atom. The van der Waals surface area contributed by atoms with Crippen LogP contribution in [0, 0.1) is 6.92 Å². The minimum atomic E-state index is -0.0403. The molecule has 0 fully saturated rings. The zero-order valence-corrected chi connectivity index (χ0v) is 12.8. The summed E-state index contributed by atoms with van der Waals surface area (Å²) in [6.07, 6.45) is 0. The van der Waals surface area contributed by atoms with Crippen LogP contribution in [0.5, 0.6) is 0 Å². The highest BCUT2D eigenvalue weighted by atomic mass is 16.1.